The zero-order valence-electron chi connectivity index (χ0n) is 10.5. The number of rotatable bonds is 4. The summed E-state index contributed by atoms with van der Waals surface area (Å²) in [7, 11) is -2.07. The summed E-state index contributed by atoms with van der Waals surface area (Å²) in [5, 5.41) is 7.84. The minimum atomic E-state index is -3.72. The monoisotopic (exact) mass is 284 g/mol. The van der Waals surface area contributed by atoms with Gasteiger partial charge in [-0.1, -0.05) is 0 Å². The highest BCUT2D eigenvalue weighted by molar-refractivity contribution is 7.89. The van der Waals surface area contributed by atoms with Crippen molar-refractivity contribution in [1.82, 2.24) is 5.32 Å². The van der Waals surface area contributed by atoms with E-state index in [1.807, 2.05) is 0 Å². The van der Waals surface area contributed by atoms with Gasteiger partial charge in [0.1, 0.15) is 0 Å². The maximum Gasteiger partial charge on any atom is 0.251 e. The first-order valence-corrected chi connectivity index (χ1v) is 7.41. The Kier molecular flexibility index (Phi) is 3.88. The third-order valence-electron chi connectivity index (χ3n) is 3.21. The fourth-order valence-electron chi connectivity index (χ4n) is 1.94. The lowest BCUT2D eigenvalue weighted by atomic mass is 9.89. The summed E-state index contributed by atoms with van der Waals surface area (Å²) < 4.78 is 27.3. The predicted molar refractivity (Wildman–Crippen MR) is 69.1 cm³/mol. The van der Waals surface area contributed by atoms with Crippen molar-refractivity contribution < 1.29 is 17.9 Å². The molecule has 0 heterocycles. The number of benzene rings is 1. The van der Waals surface area contributed by atoms with E-state index < -0.39 is 10.0 Å². The van der Waals surface area contributed by atoms with Crippen molar-refractivity contribution >= 4 is 15.9 Å². The SMILES string of the molecule is COC1CC(NC(=O)c2ccc(S(N)(=O)=O)cc2)C1. The number of hydrogen-bond donors (Lipinski definition) is 2. The summed E-state index contributed by atoms with van der Waals surface area (Å²) in [6.45, 7) is 0. The van der Waals surface area contributed by atoms with Crippen LogP contribution in [0, 0.1) is 0 Å². The number of carbonyl (C=O) groups is 1. The van der Waals surface area contributed by atoms with Gasteiger partial charge in [0.25, 0.3) is 5.91 Å². The molecule has 3 N–H and O–H groups in total. The maximum absolute atomic E-state index is 11.9. The Morgan fingerprint density at radius 1 is 1.32 bits per heavy atom. The number of hydrogen-bond acceptors (Lipinski definition) is 4. The molecular formula is C12H16N2O4S. The Morgan fingerprint density at radius 3 is 2.37 bits per heavy atom. The van der Waals surface area contributed by atoms with Crippen molar-refractivity contribution in [2.45, 2.75) is 29.9 Å². The molecule has 1 aliphatic rings. The van der Waals surface area contributed by atoms with Crippen LogP contribution in [0.3, 0.4) is 0 Å². The third-order valence-corrected chi connectivity index (χ3v) is 4.14. The molecule has 0 radical (unpaired) electrons. The summed E-state index contributed by atoms with van der Waals surface area (Å²) in [6.07, 6.45) is 1.82. The first kappa shape index (κ1) is 14.0. The number of amides is 1. The van der Waals surface area contributed by atoms with E-state index in [0.29, 0.717) is 5.56 Å². The van der Waals surface area contributed by atoms with Crippen LogP contribution in [0.5, 0.6) is 0 Å². The van der Waals surface area contributed by atoms with Crippen LogP contribution in [0.4, 0.5) is 0 Å². The lowest BCUT2D eigenvalue weighted by molar-refractivity contribution is 0.0176. The van der Waals surface area contributed by atoms with E-state index >= 15 is 0 Å². The Labute approximate surface area is 112 Å². The highest BCUT2D eigenvalue weighted by Gasteiger charge is 2.30. The molecule has 1 amide bonds. The van der Waals surface area contributed by atoms with Crippen molar-refractivity contribution in [3.63, 3.8) is 0 Å². The standard InChI is InChI=1S/C12H16N2O4S/c1-18-10-6-9(7-10)14-12(15)8-2-4-11(5-3-8)19(13,16)17/h2-5,9-10H,6-7H2,1H3,(H,14,15)(H2,13,16,17). The van der Waals surface area contributed by atoms with Gasteiger partial charge in [-0.2, -0.15) is 0 Å². The molecule has 0 saturated heterocycles. The molecular weight excluding hydrogens is 268 g/mol. The molecule has 0 bridgehead atoms. The molecule has 1 fully saturated rings. The minimum Gasteiger partial charge on any atom is -0.381 e. The van der Waals surface area contributed by atoms with E-state index in [0.717, 1.165) is 12.8 Å². The Morgan fingerprint density at radius 2 is 1.89 bits per heavy atom. The van der Waals surface area contributed by atoms with E-state index in [1.165, 1.54) is 24.3 Å². The summed E-state index contributed by atoms with van der Waals surface area (Å²) in [5.41, 5.74) is 0.410. The van der Waals surface area contributed by atoms with Crippen molar-refractivity contribution in [1.29, 1.82) is 0 Å². The second kappa shape index (κ2) is 5.28. The quantitative estimate of drug-likeness (QED) is 0.827. The smallest absolute Gasteiger partial charge is 0.251 e. The Balaban J connectivity index is 1.97. The number of nitrogens with one attached hydrogen (secondary N) is 1. The molecule has 0 spiro atoms. The first-order valence-electron chi connectivity index (χ1n) is 5.86. The number of nitrogens with two attached hydrogens (primary N) is 1. The molecule has 2 rings (SSSR count). The van der Waals surface area contributed by atoms with Gasteiger partial charge < -0.3 is 10.1 Å². The molecule has 0 aromatic heterocycles. The molecule has 0 unspecified atom stereocenters. The molecule has 0 aliphatic heterocycles. The number of primary sulfonamides is 1. The van der Waals surface area contributed by atoms with Crippen LogP contribution in [0.2, 0.25) is 0 Å². The largest absolute Gasteiger partial charge is 0.381 e. The Hall–Kier alpha value is -1.44. The number of carbonyl (C=O) groups excluding carboxylic acids is 1. The van der Waals surface area contributed by atoms with Crippen molar-refractivity contribution in [2.24, 2.45) is 5.14 Å². The summed E-state index contributed by atoms with van der Waals surface area (Å²) in [4.78, 5) is 11.9. The lowest BCUT2D eigenvalue weighted by Gasteiger charge is -2.34. The highest BCUT2D eigenvalue weighted by atomic mass is 32.2. The summed E-state index contributed by atoms with van der Waals surface area (Å²) in [5.74, 6) is -0.222. The summed E-state index contributed by atoms with van der Waals surface area (Å²) >= 11 is 0. The van der Waals surface area contributed by atoms with Crippen LogP contribution in [0.15, 0.2) is 29.2 Å². The lowest BCUT2D eigenvalue weighted by Crippen LogP contribution is -2.47. The second-order valence-corrected chi connectivity index (χ2v) is 6.13. The minimum absolute atomic E-state index is 0.00728. The van der Waals surface area contributed by atoms with E-state index in [9.17, 15) is 13.2 Å². The van der Waals surface area contributed by atoms with Crippen LogP contribution >= 0.6 is 0 Å². The van der Waals surface area contributed by atoms with E-state index in [-0.39, 0.29) is 22.9 Å². The predicted octanol–water partition coefficient (Wildman–Crippen LogP) is 0.241. The zero-order chi connectivity index (χ0) is 14.0. The van der Waals surface area contributed by atoms with Crippen LogP contribution in [0.1, 0.15) is 23.2 Å². The normalized spacial score (nSPS) is 22.6. The molecule has 104 valence electrons. The third kappa shape index (κ3) is 3.31. The average molecular weight is 284 g/mol. The van der Waals surface area contributed by atoms with Gasteiger partial charge in [0.2, 0.25) is 10.0 Å². The zero-order valence-corrected chi connectivity index (χ0v) is 11.3. The molecule has 19 heavy (non-hydrogen) atoms. The van der Waals surface area contributed by atoms with Crippen LogP contribution < -0.4 is 10.5 Å². The topological polar surface area (TPSA) is 98.5 Å². The van der Waals surface area contributed by atoms with Gasteiger partial charge in [-0.15, -0.1) is 0 Å². The molecule has 6 nitrogen and oxygen atoms in total. The fourth-order valence-corrected chi connectivity index (χ4v) is 2.46. The number of sulfonamides is 1. The van der Waals surface area contributed by atoms with Crippen LogP contribution in [-0.4, -0.2) is 33.6 Å². The average Bonchev–Trinajstić information content (AvgIpc) is 2.32. The highest BCUT2D eigenvalue weighted by Crippen LogP contribution is 2.22. The molecule has 7 heteroatoms. The van der Waals surface area contributed by atoms with Crippen LogP contribution in [-0.2, 0) is 14.8 Å². The second-order valence-electron chi connectivity index (χ2n) is 4.57. The number of methoxy groups -OCH3 is 1. The Bertz CT molecular complexity index is 562. The molecule has 1 aromatic rings. The molecule has 1 aliphatic carbocycles. The maximum atomic E-state index is 11.9. The first-order chi connectivity index (χ1) is 8.90. The van der Waals surface area contributed by atoms with Crippen molar-refractivity contribution in [3.8, 4) is 0 Å². The van der Waals surface area contributed by atoms with Crippen LogP contribution in [0.25, 0.3) is 0 Å². The van der Waals surface area contributed by atoms with Gasteiger partial charge in [-0.25, -0.2) is 13.6 Å². The van der Waals surface area contributed by atoms with Gasteiger partial charge >= 0.3 is 0 Å². The van der Waals surface area contributed by atoms with Gasteiger partial charge in [0, 0.05) is 18.7 Å². The van der Waals surface area contributed by atoms with Crippen molar-refractivity contribution in [2.75, 3.05) is 7.11 Å². The molecule has 1 saturated carbocycles. The van der Waals surface area contributed by atoms with E-state index in [1.54, 1.807) is 7.11 Å². The van der Waals surface area contributed by atoms with Gasteiger partial charge in [0.15, 0.2) is 0 Å². The van der Waals surface area contributed by atoms with Gasteiger partial charge in [0.05, 0.1) is 11.0 Å². The van der Waals surface area contributed by atoms with Gasteiger partial charge in [-0.3, -0.25) is 4.79 Å². The molecule has 1 aromatic carbocycles. The fraction of sp³-hybridized carbons (Fsp3) is 0.417. The van der Waals surface area contributed by atoms with E-state index in [4.69, 9.17) is 9.88 Å². The number of ether oxygens (including phenoxy) is 1. The van der Waals surface area contributed by atoms with E-state index in [2.05, 4.69) is 5.32 Å². The molecule has 0 atom stereocenters. The van der Waals surface area contributed by atoms with Gasteiger partial charge in [-0.05, 0) is 37.1 Å². The summed E-state index contributed by atoms with van der Waals surface area (Å²) in [6, 6.07) is 5.66. The van der Waals surface area contributed by atoms with Crippen molar-refractivity contribution in [3.05, 3.63) is 29.8 Å².